The largest absolute Gasteiger partial charge is 0.496 e. The van der Waals surface area contributed by atoms with Crippen LogP contribution in [0.25, 0.3) is 0 Å². The first-order valence-corrected chi connectivity index (χ1v) is 6.91. The van der Waals surface area contributed by atoms with Crippen molar-refractivity contribution < 1.29 is 13.9 Å². The fraction of sp³-hybridized carbons (Fsp3) is 0.143. The predicted octanol–water partition coefficient (Wildman–Crippen LogP) is 2.97. The summed E-state index contributed by atoms with van der Waals surface area (Å²) in [6, 6.07) is 8.77. The smallest absolute Gasteiger partial charge is 0.271 e. The van der Waals surface area contributed by atoms with E-state index in [1.54, 1.807) is 31.4 Å². The monoisotopic (exact) mass is 384 g/mol. The Hall–Kier alpha value is -1.83. The van der Waals surface area contributed by atoms with E-state index in [2.05, 4.69) is 33.1 Å². The van der Waals surface area contributed by atoms with E-state index in [1.807, 2.05) is 13.0 Å². The van der Waals surface area contributed by atoms with Gasteiger partial charge in [-0.15, -0.1) is 0 Å². The van der Waals surface area contributed by atoms with E-state index in [0.29, 0.717) is 11.3 Å². The third kappa shape index (κ3) is 3.60. The van der Waals surface area contributed by atoms with E-state index in [1.165, 1.54) is 6.21 Å². The lowest BCUT2D eigenvalue weighted by Gasteiger charge is -2.05. The van der Waals surface area contributed by atoms with Crippen LogP contribution in [0.1, 0.15) is 21.9 Å². The Balaban J connectivity index is 2.01. The second-order valence-corrected chi connectivity index (χ2v) is 5.16. The first-order chi connectivity index (χ1) is 9.60. The van der Waals surface area contributed by atoms with Crippen LogP contribution in [-0.2, 0) is 0 Å². The van der Waals surface area contributed by atoms with Crippen molar-refractivity contribution in [2.75, 3.05) is 7.11 Å². The average molecular weight is 384 g/mol. The van der Waals surface area contributed by atoms with Gasteiger partial charge in [-0.2, -0.15) is 5.10 Å². The summed E-state index contributed by atoms with van der Waals surface area (Å²) >= 11 is 2.11. The van der Waals surface area contributed by atoms with E-state index in [0.717, 1.165) is 15.1 Å². The molecule has 0 aliphatic heterocycles. The van der Waals surface area contributed by atoms with Gasteiger partial charge in [-0.3, -0.25) is 4.79 Å². The van der Waals surface area contributed by atoms with Crippen LogP contribution in [0.3, 0.4) is 0 Å². The van der Waals surface area contributed by atoms with E-state index in [-0.39, 0.29) is 5.91 Å². The highest BCUT2D eigenvalue weighted by Crippen LogP contribution is 2.21. The van der Waals surface area contributed by atoms with Crippen LogP contribution < -0.4 is 10.2 Å². The Morgan fingerprint density at radius 3 is 2.80 bits per heavy atom. The first kappa shape index (κ1) is 14.6. The Labute approximate surface area is 130 Å². The van der Waals surface area contributed by atoms with Crippen molar-refractivity contribution in [3.05, 3.63) is 51.0 Å². The van der Waals surface area contributed by atoms with Crippen molar-refractivity contribution in [2.24, 2.45) is 5.10 Å². The van der Waals surface area contributed by atoms with Crippen LogP contribution >= 0.6 is 22.6 Å². The van der Waals surface area contributed by atoms with Crippen LogP contribution in [0, 0.1) is 10.5 Å². The zero-order valence-corrected chi connectivity index (χ0v) is 13.2. The van der Waals surface area contributed by atoms with Gasteiger partial charge in [0.2, 0.25) is 0 Å². The summed E-state index contributed by atoms with van der Waals surface area (Å²) in [6.07, 6.45) is 1.46. The number of carbonyl (C=O) groups excluding carboxylic acids is 1. The zero-order valence-electron chi connectivity index (χ0n) is 11.0. The number of halogens is 1. The minimum absolute atomic E-state index is 0.287. The van der Waals surface area contributed by atoms with Crippen LogP contribution in [0.5, 0.6) is 5.75 Å². The third-order valence-electron chi connectivity index (χ3n) is 2.53. The van der Waals surface area contributed by atoms with Crippen molar-refractivity contribution in [1.29, 1.82) is 0 Å². The van der Waals surface area contributed by atoms with E-state index in [9.17, 15) is 4.79 Å². The van der Waals surface area contributed by atoms with Crippen LogP contribution in [0.15, 0.2) is 39.9 Å². The van der Waals surface area contributed by atoms with Crippen LogP contribution in [0.4, 0.5) is 0 Å². The normalized spacial score (nSPS) is 10.8. The molecule has 0 atom stereocenters. The highest BCUT2D eigenvalue weighted by atomic mass is 127. The molecule has 0 fully saturated rings. The zero-order chi connectivity index (χ0) is 14.5. The number of hydrogen-bond donors (Lipinski definition) is 1. The standard InChI is InChI=1S/C14H13IN2O3/c1-9-3-5-11(20-9)8-16-17-14(18)10-4-6-13(19-2)12(15)7-10/h3-8H,1-2H3,(H,17,18)/b16-8-. The lowest BCUT2D eigenvalue weighted by Crippen LogP contribution is -2.17. The maximum Gasteiger partial charge on any atom is 0.271 e. The molecule has 1 amide bonds. The summed E-state index contributed by atoms with van der Waals surface area (Å²) in [5.41, 5.74) is 2.96. The molecule has 2 rings (SSSR count). The second kappa shape index (κ2) is 6.56. The van der Waals surface area contributed by atoms with Crippen molar-refractivity contribution in [1.82, 2.24) is 5.43 Å². The molecular weight excluding hydrogens is 371 g/mol. The number of nitrogens with zero attached hydrogens (tertiary/aromatic N) is 1. The maximum atomic E-state index is 11.9. The van der Waals surface area contributed by atoms with Gasteiger partial charge in [-0.1, -0.05) is 0 Å². The second-order valence-electron chi connectivity index (χ2n) is 4.00. The minimum atomic E-state index is -0.287. The molecule has 5 nitrogen and oxygen atoms in total. The van der Waals surface area contributed by atoms with Crippen molar-refractivity contribution >= 4 is 34.7 Å². The number of aryl methyl sites for hydroxylation is 1. The van der Waals surface area contributed by atoms with Crippen molar-refractivity contribution in [3.63, 3.8) is 0 Å². The van der Waals surface area contributed by atoms with Crippen LogP contribution in [-0.4, -0.2) is 19.2 Å². The Kier molecular flexibility index (Phi) is 4.78. The van der Waals surface area contributed by atoms with E-state index < -0.39 is 0 Å². The number of nitrogens with one attached hydrogen (secondary N) is 1. The van der Waals surface area contributed by atoms with Gasteiger partial charge in [0.1, 0.15) is 17.3 Å². The Morgan fingerprint density at radius 2 is 2.20 bits per heavy atom. The Morgan fingerprint density at radius 1 is 1.40 bits per heavy atom. The molecule has 0 radical (unpaired) electrons. The number of methoxy groups -OCH3 is 1. The molecule has 6 heteroatoms. The number of rotatable bonds is 4. The van der Waals surface area contributed by atoms with Gasteiger partial charge in [-0.05, 0) is 59.8 Å². The lowest BCUT2D eigenvalue weighted by molar-refractivity contribution is 0.0955. The van der Waals surface area contributed by atoms with Gasteiger partial charge in [0, 0.05) is 5.56 Å². The van der Waals surface area contributed by atoms with Gasteiger partial charge < -0.3 is 9.15 Å². The number of ether oxygens (including phenoxy) is 1. The molecule has 0 saturated heterocycles. The molecule has 1 N–H and O–H groups in total. The third-order valence-corrected chi connectivity index (χ3v) is 3.38. The molecule has 0 saturated carbocycles. The molecule has 0 spiro atoms. The highest BCUT2D eigenvalue weighted by Gasteiger charge is 2.07. The molecule has 0 aliphatic rings. The van der Waals surface area contributed by atoms with Crippen molar-refractivity contribution in [3.8, 4) is 5.75 Å². The molecule has 1 aromatic heterocycles. The van der Waals surface area contributed by atoms with Gasteiger partial charge in [0.15, 0.2) is 0 Å². The van der Waals surface area contributed by atoms with Crippen LogP contribution in [0.2, 0.25) is 0 Å². The maximum absolute atomic E-state index is 11.9. The molecule has 1 heterocycles. The summed E-state index contributed by atoms with van der Waals surface area (Å²) in [5, 5.41) is 3.85. The number of carbonyl (C=O) groups is 1. The average Bonchev–Trinajstić information content (AvgIpc) is 2.84. The minimum Gasteiger partial charge on any atom is -0.496 e. The summed E-state index contributed by atoms with van der Waals surface area (Å²) in [4.78, 5) is 11.9. The molecule has 0 bridgehead atoms. The number of furan rings is 1. The van der Waals surface area contributed by atoms with Gasteiger partial charge >= 0.3 is 0 Å². The summed E-state index contributed by atoms with van der Waals surface area (Å²) < 4.78 is 11.3. The van der Waals surface area contributed by atoms with E-state index >= 15 is 0 Å². The summed E-state index contributed by atoms with van der Waals surface area (Å²) in [6.45, 7) is 1.84. The molecule has 1 aromatic carbocycles. The molecule has 20 heavy (non-hydrogen) atoms. The molecule has 0 unspecified atom stereocenters. The summed E-state index contributed by atoms with van der Waals surface area (Å²) in [5.74, 6) is 1.83. The summed E-state index contributed by atoms with van der Waals surface area (Å²) in [7, 11) is 1.59. The molecule has 104 valence electrons. The van der Waals surface area contributed by atoms with Gasteiger partial charge in [0.25, 0.3) is 5.91 Å². The number of amides is 1. The van der Waals surface area contributed by atoms with Gasteiger partial charge in [0.05, 0.1) is 16.9 Å². The molecule has 2 aromatic rings. The lowest BCUT2D eigenvalue weighted by atomic mass is 10.2. The highest BCUT2D eigenvalue weighted by molar-refractivity contribution is 14.1. The number of benzene rings is 1. The molecular formula is C14H13IN2O3. The topological polar surface area (TPSA) is 63.8 Å². The van der Waals surface area contributed by atoms with Crippen molar-refractivity contribution in [2.45, 2.75) is 6.92 Å². The number of hydrazone groups is 1. The molecule has 0 aliphatic carbocycles. The van der Waals surface area contributed by atoms with Gasteiger partial charge in [-0.25, -0.2) is 5.43 Å². The SMILES string of the molecule is COc1ccc(C(=O)N/N=C\c2ccc(C)o2)cc1I. The first-order valence-electron chi connectivity index (χ1n) is 5.83. The van der Waals surface area contributed by atoms with E-state index in [4.69, 9.17) is 9.15 Å². The predicted molar refractivity (Wildman–Crippen MR) is 84.2 cm³/mol. The Bertz CT molecular complexity index is 650. The fourth-order valence-corrected chi connectivity index (χ4v) is 2.28. The quantitative estimate of drug-likeness (QED) is 0.501. The number of hydrogen-bond acceptors (Lipinski definition) is 4. The fourth-order valence-electron chi connectivity index (χ4n) is 1.55.